The minimum absolute atomic E-state index is 0.0259. The Balaban J connectivity index is 2.01. The Morgan fingerprint density at radius 2 is 2.06 bits per heavy atom. The molecule has 0 aromatic rings. The van der Waals surface area contributed by atoms with Gasteiger partial charge in [-0.25, -0.2) is 5.84 Å². The standard InChI is InChI=1S/C11H22N4O2/c12-11(17)9-5-7-15(8-9)6-3-1-2-4-10(16)14-13/h9H,1-8,13H2,(H2,12,17)(H,14,16). The highest BCUT2D eigenvalue weighted by Gasteiger charge is 2.25. The molecule has 5 N–H and O–H groups in total. The van der Waals surface area contributed by atoms with E-state index in [-0.39, 0.29) is 17.7 Å². The topological polar surface area (TPSA) is 101 Å². The molecule has 17 heavy (non-hydrogen) atoms. The van der Waals surface area contributed by atoms with Crippen LogP contribution in [-0.4, -0.2) is 36.3 Å². The molecule has 0 bridgehead atoms. The molecule has 0 aromatic heterocycles. The van der Waals surface area contributed by atoms with Crippen LogP contribution in [-0.2, 0) is 9.59 Å². The lowest BCUT2D eigenvalue weighted by molar-refractivity contribution is -0.122. The molecule has 1 rings (SSSR count). The molecule has 0 spiro atoms. The van der Waals surface area contributed by atoms with Gasteiger partial charge in [0.2, 0.25) is 11.8 Å². The summed E-state index contributed by atoms with van der Waals surface area (Å²) >= 11 is 0. The van der Waals surface area contributed by atoms with Gasteiger partial charge in [0.25, 0.3) is 0 Å². The molecule has 0 saturated carbocycles. The Morgan fingerprint density at radius 1 is 1.29 bits per heavy atom. The fourth-order valence-corrected chi connectivity index (χ4v) is 2.14. The highest BCUT2D eigenvalue weighted by atomic mass is 16.2. The summed E-state index contributed by atoms with van der Waals surface area (Å²) in [6.07, 6.45) is 4.27. The van der Waals surface area contributed by atoms with Gasteiger partial charge in [-0.1, -0.05) is 6.42 Å². The van der Waals surface area contributed by atoms with E-state index in [1.807, 2.05) is 0 Å². The predicted octanol–water partition coefficient (Wildman–Crippen LogP) is -0.656. The normalized spacial score (nSPS) is 20.4. The number of hydrogen-bond donors (Lipinski definition) is 3. The zero-order valence-electron chi connectivity index (χ0n) is 10.2. The number of hydrazine groups is 1. The van der Waals surface area contributed by atoms with Crippen LogP contribution in [0.2, 0.25) is 0 Å². The van der Waals surface area contributed by atoms with Gasteiger partial charge in [0, 0.05) is 13.0 Å². The lowest BCUT2D eigenvalue weighted by atomic mass is 10.1. The Morgan fingerprint density at radius 3 is 2.65 bits per heavy atom. The van der Waals surface area contributed by atoms with Crippen LogP contribution in [0.5, 0.6) is 0 Å². The van der Waals surface area contributed by atoms with Crippen molar-refractivity contribution in [1.82, 2.24) is 10.3 Å². The smallest absolute Gasteiger partial charge is 0.233 e. The number of unbranched alkanes of at least 4 members (excludes halogenated alkanes) is 2. The Labute approximate surface area is 102 Å². The molecule has 6 nitrogen and oxygen atoms in total. The summed E-state index contributed by atoms with van der Waals surface area (Å²) in [6, 6.07) is 0. The van der Waals surface area contributed by atoms with Crippen LogP contribution in [0.15, 0.2) is 0 Å². The number of hydrogen-bond acceptors (Lipinski definition) is 4. The molecule has 1 aliphatic heterocycles. The molecule has 6 heteroatoms. The van der Waals surface area contributed by atoms with Gasteiger partial charge in [0.1, 0.15) is 0 Å². The van der Waals surface area contributed by atoms with Crippen molar-refractivity contribution in [2.45, 2.75) is 32.1 Å². The average molecular weight is 242 g/mol. The number of amides is 2. The van der Waals surface area contributed by atoms with E-state index in [2.05, 4.69) is 10.3 Å². The summed E-state index contributed by atoms with van der Waals surface area (Å²) < 4.78 is 0. The molecule has 1 unspecified atom stereocenters. The number of rotatable bonds is 7. The van der Waals surface area contributed by atoms with E-state index in [1.165, 1.54) is 0 Å². The van der Waals surface area contributed by atoms with Crippen LogP contribution < -0.4 is 17.0 Å². The second-order valence-electron chi connectivity index (χ2n) is 4.57. The molecule has 0 aromatic carbocycles. The van der Waals surface area contributed by atoms with Crippen LogP contribution in [0.4, 0.5) is 0 Å². The molecule has 98 valence electrons. The van der Waals surface area contributed by atoms with E-state index in [9.17, 15) is 9.59 Å². The second-order valence-corrected chi connectivity index (χ2v) is 4.57. The van der Waals surface area contributed by atoms with Gasteiger partial charge in [-0.15, -0.1) is 0 Å². The zero-order chi connectivity index (χ0) is 12.7. The molecular weight excluding hydrogens is 220 g/mol. The van der Waals surface area contributed by atoms with E-state index >= 15 is 0 Å². The third-order valence-electron chi connectivity index (χ3n) is 3.21. The first-order valence-corrected chi connectivity index (χ1v) is 6.14. The highest BCUT2D eigenvalue weighted by Crippen LogP contribution is 2.16. The molecule has 0 aliphatic carbocycles. The monoisotopic (exact) mass is 242 g/mol. The minimum atomic E-state index is -0.188. The molecule has 1 aliphatic rings. The molecule has 1 heterocycles. The van der Waals surface area contributed by atoms with Crippen LogP contribution in [0.25, 0.3) is 0 Å². The number of carbonyl (C=O) groups is 2. The number of nitrogens with one attached hydrogen (secondary N) is 1. The largest absolute Gasteiger partial charge is 0.369 e. The third kappa shape index (κ3) is 5.14. The molecular formula is C11H22N4O2. The highest BCUT2D eigenvalue weighted by molar-refractivity contribution is 5.77. The van der Waals surface area contributed by atoms with Crippen molar-refractivity contribution in [3.8, 4) is 0 Å². The number of nitrogens with two attached hydrogens (primary N) is 2. The van der Waals surface area contributed by atoms with E-state index in [4.69, 9.17) is 11.6 Å². The fraction of sp³-hybridized carbons (Fsp3) is 0.818. The fourth-order valence-electron chi connectivity index (χ4n) is 2.14. The summed E-state index contributed by atoms with van der Waals surface area (Å²) in [7, 11) is 0. The van der Waals surface area contributed by atoms with Gasteiger partial charge in [0.15, 0.2) is 0 Å². The van der Waals surface area contributed by atoms with Crippen molar-refractivity contribution in [3.05, 3.63) is 0 Å². The number of nitrogens with zero attached hydrogens (tertiary/aromatic N) is 1. The first kappa shape index (κ1) is 13.9. The maximum Gasteiger partial charge on any atom is 0.233 e. The van der Waals surface area contributed by atoms with Gasteiger partial charge in [0.05, 0.1) is 5.92 Å². The summed E-state index contributed by atoms with van der Waals surface area (Å²) in [5.74, 6) is 4.71. The first-order valence-electron chi connectivity index (χ1n) is 6.14. The molecule has 1 fully saturated rings. The summed E-state index contributed by atoms with van der Waals surface area (Å²) in [5.41, 5.74) is 7.38. The van der Waals surface area contributed by atoms with Crippen molar-refractivity contribution < 1.29 is 9.59 Å². The van der Waals surface area contributed by atoms with Crippen molar-refractivity contribution in [3.63, 3.8) is 0 Å². The molecule has 1 saturated heterocycles. The maximum atomic E-state index is 11.0. The summed E-state index contributed by atoms with van der Waals surface area (Å²) in [4.78, 5) is 24.1. The van der Waals surface area contributed by atoms with Crippen molar-refractivity contribution in [1.29, 1.82) is 0 Å². The quantitative estimate of drug-likeness (QED) is 0.239. The minimum Gasteiger partial charge on any atom is -0.369 e. The molecule has 0 radical (unpaired) electrons. The lowest BCUT2D eigenvalue weighted by Crippen LogP contribution is -2.29. The Bertz CT molecular complexity index is 270. The number of carbonyl (C=O) groups excluding carboxylic acids is 2. The first-order chi connectivity index (χ1) is 8.13. The van der Waals surface area contributed by atoms with Crippen molar-refractivity contribution >= 4 is 11.8 Å². The van der Waals surface area contributed by atoms with Gasteiger partial charge < -0.3 is 10.6 Å². The van der Waals surface area contributed by atoms with Gasteiger partial charge in [-0.05, 0) is 32.4 Å². The second kappa shape index (κ2) is 7.24. The summed E-state index contributed by atoms with van der Waals surface area (Å²) in [5, 5.41) is 0. The van der Waals surface area contributed by atoms with E-state index in [1.54, 1.807) is 0 Å². The van der Waals surface area contributed by atoms with Gasteiger partial charge in [-0.3, -0.25) is 15.0 Å². The number of likely N-dealkylation sites (tertiary alicyclic amines) is 1. The van der Waals surface area contributed by atoms with Crippen molar-refractivity contribution in [2.24, 2.45) is 17.5 Å². The van der Waals surface area contributed by atoms with Crippen LogP contribution in [0.1, 0.15) is 32.1 Å². The van der Waals surface area contributed by atoms with E-state index < -0.39 is 0 Å². The third-order valence-corrected chi connectivity index (χ3v) is 3.21. The van der Waals surface area contributed by atoms with Crippen LogP contribution >= 0.6 is 0 Å². The SMILES string of the molecule is NNC(=O)CCCCCN1CCC(C(N)=O)C1. The average Bonchev–Trinajstić information content (AvgIpc) is 2.77. The zero-order valence-corrected chi connectivity index (χ0v) is 10.2. The molecule has 1 atom stereocenters. The molecule has 2 amide bonds. The van der Waals surface area contributed by atoms with E-state index in [0.717, 1.165) is 45.3 Å². The van der Waals surface area contributed by atoms with Crippen molar-refractivity contribution in [2.75, 3.05) is 19.6 Å². The summed E-state index contributed by atoms with van der Waals surface area (Å²) in [6.45, 7) is 2.73. The Hall–Kier alpha value is -1.14. The van der Waals surface area contributed by atoms with Crippen LogP contribution in [0.3, 0.4) is 0 Å². The number of primary amides is 1. The van der Waals surface area contributed by atoms with Crippen LogP contribution in [0, 0.1) is 5.92 Å². The van der Waals surface area contributed by atoms with E-state index in [0.29, 0.717) is 6.42 Å². The van der Waals surface area contributed by atoms with Gasteiger partial charge >= 0.3 is 0 Å². The lowest BCUT2D eigenvalue weighted by Gasteiger charge is -2.14. The maximum absolute atomic E-state index is 11.0. The Kier molecular flexibility index (Phi) is 5.93. The van der Waals surface area contributed by atoms with Gasteiger partial charge in [-0.2, -0.15) is 0 Å². The predicted molar refractivity (Wildman–Crippen MR) is 64.5 cm³/mol.